The van der Waals surface area contributed by atoms with Crippen molar-refractivity contribution in [1.82, 2.24) is 9.29 Å². The fourth-order valence-electron chi connectivity index (χ4n) is 2.43. The van der Waals surface area contributed by atoms with Gasteiger partial charge in [0.25, 0.3) is 0 Å². The average Bonchev–Trinajstić information content (AvgIpc) is 2.54. The molecule has 1 aromatic heterocycles. The van der Waals surface area contributed by atoms with Gasteiger partial charge in [0.15, 0.2) is 0 Å². The molecule has 0 atom stereocenters. The summed E-state index contributed by atoms with van der Waals surface area (Å²) in [5, 5.41) is 2.83. The Morgan fingerprint density at radius 2 is 1.96 bits per heavy atom. The minimum absolute atomic E-state index is 0.0766. The van der Waals surface area contributed by atoms with E-state index in [9.17, 15) is 13.2 Å². The van der Waals surface area contributed by atoms with Gasteiger partial charge in [0, 0.05) is 24.8 Å². The van der Waals surface area contributed by atoms with Gasteiger partial charge in [-0.05, 0) is 37.6 Å². The van der Waals surface area contributed by atoms with Crippen LogP contribution in [-0.4, -0.2) is 36.4 Å². The third-order valence-electron chi connectivity index (χ3n) is 3.78. The van der Waals surface area contributed by atoms with Crippen molar-refractivity contribution >= 4 is 21.6 Å². The molecule has 2 rings (SSSR count). The van der Waals surface area contributed by atoms with Crippen molar-refractivity contribution in [2.75, 3.05) is 18.1 Å². The summed E-state index contributed by atoms with van der Waals surface area (Å²) in [6, 6.07) is 11.1. The van der Waals surface area contributed by atoms with Crippen LogP contribution in [0.4, 0.5) is 5.69 Å². The number of aryl methyl sites for hydroxylation is 2. The van der Waals surface area contributed by atoms with Crippen LogP contribution < -0.4 is 5.32 Å². The number of amides is 1. The van der Waals surface area contributed by atoms with E-state index in [0.29, 0.717) is 5.69 Å². The van der Waals surface area contributed by atoms with Crippen LogP contribution in [0.3, 0.4) is 0 Å². The normalized spacial score (nSPS) is 11.5. The first kappa shape index (κ1) is 19.1. The molecule has 0 aliphatic rings. The molecule has 7 heteroatoms. The van der Waals surface area contributed by atoms with Gasteiger partial charge in [-0.1, -0.05) is 23.8 Å². The number of hydrogen-bond donors (Lipinski definition) is 1. The Morgan fingerprint density at radius 3 is 2.56 bits per heavy atom. The lowest BCUT2D eigenvalue weighted by atomic mass is 10.1. The van der Waals surface area contributed by atoms with E-state index >= 15 is 0 Å². The molecule has 0 aliphatic heterocycles. The predicted octanol–water partition coefficient (Wildman–Crippen LogP) is 2.49. The van der Waals surface area contributed by atoms with Crippen LogP contribution in [0.25, 0.3) is 0 Å². The Balaban J connectivity index is 1.99. The molecule has 0 saturated heterocycles. The topological polar surface area (TPSA) is 79.4 Å². The number of pyridine rings is 1. The number of aromatic nitrogens is 1. The maximum atomic E-state index is 12.2. The van der Waals surface area contributed by atoms with Crippen molar-refractivity contribution in [3.63, 3.8) is 0 Å². The molecule has 0 unspecified atom stereocenters. The van der Waals surface area contributed by atoms with E-state index < -0.39 is 10.0 Å². The fourth-order valence-corrected chi connectivity index (χ4v) is 3.22. The van der Waals surface area contributed by atoms with Crippen LogP contribution in [0, 0.1) is 13.8 Å². The van der Waals surface area contributed by atoms with Crippen LogP contribution >= 0.6 is 0 Å². The zero-order valence-electron chi connectivity index (χ0n) is 14.7. The zero-order valence-corrected chi connectivity index (χ0v) is 15.5. The number of sulfonamides is 1. The van der Waals surface area contributed by atoms with E-state index in [0.717, 1.165) is 23.1 Å². The molecule has 0 bridgehead atoms. The van der Waals surface area contributed by atoms with Gasteiger partial charge in [-0.25, -0.2) is 8.42 Å². The Kier molecular flexibility index (Phi) is 6.27. The van der Waals surface area contributed by atoms with Crippen LogP contribution in [0.5, 0.6) is 0 Å². The smallest absolute Gasteiger partial charge is 0.225 e. The number of nitrogens with one attached hydrogen (secondary N) is 1. The number of carbonyl (C=O) groups is 1. The molecule has 0 saturated carbocycles. The van der Waals surface area contributed by atoms with E-state index in [1.807, 2.05) is 32.0 Å². The Morgan fingerprint density at radius 1 is 1.20 bits per heavy atom. The van der Waals surface area contributed by atoms with Crippen LogP contribution in [-0.2, 0) is 21.4 Å². The number of hydrogen-bond acceptors (Lipinski definition) is 4. The molecule has 0 aliphatic carbocycles. The second-order valence-corrected chi connectivity index (χ2v) is 8.02. The molecule has 2 aromatic rings. The van der Waals surface area contributed by atoms with Gasteiger partial charge in [-0.3, -0.25) is 9.78 Å². The first-order valence-corrected chi connectivity index (χ1v) is 9.82. The monoisotopic (exact) mass is 361 g/mol. The molecule has 25 heavy (non-hydrogen) atoms. The summed E-state index contributed by atoms with van der Waals surface area (Å²) in [4.78, 5) is 16.3. The van der Waals surface area contributed by atoms with Crippen molar-refractivity contribution in [3.8, 4) is 0 Å². The van der Waals surface area contributed by atoms with E-state index in [4.69, 9.17) is 0 Å². The van der Waals surface area contributed by atoms with Gasteiger partial charge >= 0.3 is 0 Å². The number of rotatable bonds is 7. The summed E-state index contributed by atoms with van der Waals surface area (Å²) in [6.07, 6.45) is 2.83. The van der Waals surface area contributed by atoms with Crippen LogP contribution in [0.2, 0.25) is 0 Å². The van der Waals surface area contributed by atoms with Gasteiger partial charge in [-0.2, -0.15) is 4.31 Å². The maximum Gasteiger partial charge on any atom is 0.225 e. The van der Waals surface area contributed by atoms with E-state index in [1.165, 1.54) is 4.31 Å². The highest BCUT2D eigenvalue weighted by Gasteiger charge is 2.19. The molecule has 0 radical (unpaired) electrons. The van der Waals surface area contributed by atoms with Crippen molar-refractivity contribution in [3.05, 3.63) is 59.4 Å². The lowest BCUT2D eigenvalue weighted by Crippen LogP contribution is -2.33. The Labute approximate surface area is 148 Å². The summed E-state index contributed by atoms with van der Waals surface area (Å²) in [7, 11) is -3.43. The number of nitrogens with zero attached hydrogens (tertiary/aromatic N) is 2. The molecule has 1 heterocycles. The summed E-state index contributed by atoms with van der Waals surface area (Å²) in [5.41, 5.74) is 3.48. The molecule has 0 fully saturated rings. The lowest BCUT2D eigenvalue weighted by molar-refractivity contribution is -0.116. The van der Waals surface area contributed by atoms with Crippen molar-refractivity contribution < 1.29 is 13.2 Å². The third kappa shape index (κ3) is 5.95. The highest BCUT2D eigenvalue weighted by Crippen LogP contribution is 2.16. The van der Waals surface area contributed by atoms with Gasteiger partial charge in [-0.15, -0.1) is 0 Å². The summed E-state index contributed by atoms with van der Waals surface area (Å²) < 4.78 is 25.2. The third-order valence-corrected chi connectivity index (χ3v) is 5.03. The SMILES string of the molecule is Cc1ccc(NC(=O)CCN(Cc2ccccn2)S(C)(=O)=O)c(C)c1. The summed E-state index contributed by atoms with van der Waals surface area (Å²) in [5.74, 6) is -0.221. The second kappa shape index (κ2) is 8.22. The minimum atomic E-state index is -3.43. The molecule has 0 spiro atoms. The Bertz CT molecular complexity index is 836. The first-order chi connectivity index (χ1) is 11.8. The predicted molar refractivity (Wildman–Crippen MR) is 98.7 cm³/mol. The van der Waals surface area contributed by atoms with Gasteiger partial charge in [0.2, 0.25) is 15.9 Å². The molecule has 1 aromatic carbocycles. The zero-order chi connectivity index (χ0) is 18.4. The largest absolute Gasteiger partial charge is 0.326 e. The fraction of sp³-hybridized carbons (Fsp3) is 0.333. The first-order valence-electron chi connectivity index (χ1n) is 7.98. The molecule has 6 nitrogen and oxygen atoms in total. The van der Waals surface area contributed by atoms with Crippen molar-refractivity contribution in [2.24, 2.45) is 0 Å². The lowest BCUT2D eigenvalue weighted by Gasteiger charge is -2.19. The summed E-state index contributed by atoms with van der Waals surface area (Å²) in [6.45, 7) is 4.16. The molecular weight excluding hydrogens is 338 g/mol. The standard InChI is InChI=1S/C18H23N3O3S/c1-14-7-8-17(15(2)12-14)20-18(22)9-11-21(25(3,23)24)13-16-6-4-5-10-19-16/h4-8,10,12H,9,11,13H2,1-3H3,(H,20,22). The molecule has 134 valence electrons. The average molecular weight is 361 g/mol. The van der Waals surface area contributed by atoms with E-state index in [2.05, 4.69) is 10.3 Å². The number of carbonyl (C=O) groups excluding carboxylic acids is 1. The number of anilines is 1. The van der Waals surface area contributed by atoms with E-state index in [1.54, 1.807) is 24.4 Å². The molecular formula is C18H23N3O3S. The highest BCUT2D eigenvalue weighted by molar-refractivity contribution is 7.88. The van der Waals surface area contributed by atoms with E-state index in [-0.39, 0.29) is 25.4 Å². The minimum Gasteiger partial charge on any atom is -0.326 e. The van der Waals surface area contributed by atoms with Crippen molar-refractivity contribution in [2.45, 2.75) is 26.8 Å². The second-order valence-electron chi connectivity index (χ2n) is 6.03. The van der Waals surface area contributed by atoms with Gasteiger partial charge < -0.3 is 5.32 Å². The molecule has 1 amide bonds. The molecule has 1 N–H and O–H groups in total. The van der Waals surface area contributed by atoms with Gasteiger partial charge in [0.1, 0.15) is 0 Å². The van der Waals surface area contributed by atoms with Crippen LogP contribution in [0.1, 0.15) is 23.2 Å². The van der Waals surface area contributed by atoms with Crippen molar-refractivity contribution in [1.29, 1.82) is 0 Å². The number of benzene rings is 1. The van der Waals surface area contributed by atoms with Gasteiger partial charge in [0.05, 0.1) is 18.5 Å². The highest BCUT2D eigenvalue weighted by atomic mass is 32.2. The maximum absolute atomic E-state index is 12.2. The van der Waals surface area contributed by atoms with Crippen LogP contribution in [0.15, 0.2) is 42.6 Å². The Hall–Kier alpha value is -2.25. The quantitative estimate of drug-likeness (QED) is 0.822. The summed E-state index contributed by atoms with van der Waals surface area (Å²) >= 11 is 0.